The Bertz CT molecular complexity index is 474. The normalized spacial score (nSPS) is 16.7. The van der Waals surface area contributed by atoms with Gasteiger partial charge in [-0.05, 0) is 50.1 Å². The molecule has 3 heteroatoms. The van der Waals surface area contributed by atoms with Gasteiger partial charge in [-0.15, -0.1) is 0 Å². The predicted molar refractivity (Wildman–Crippen MR) is 78.7 cm³/mol. The molecule has 1 amide bonds. The van der Waals surface area contributed by atoms with Gasteiger partial charge in [0.15, 0.2) is 0 Å². The quantitative estimate of drug-likeness (QED) is 0.815. The fourth-order valence-electron chi connectivity index (χ4n) is 2.63. The second-order valence-electron chi connectivity index (χ2n) is 5.48. The van der Waals surface area contributed by atoms with Gasteiger partial charge < -0.3 is 9.80 Å². The van der Waals surface area contributed by atoms with Crippen LogP contribution in [-0.4, -0.2) is 48.4 Å². The van der Waals surface area contributed by atoms with Crippen LogP contribution in [0.4, 0.5) is 0 Å². The minimum Gasteiger partial charge on any atom is -0.336 e. The van der Waals surface area contributed by atoms with Crippen molar-refractivity contribution >= 4 is 5.91 Å². The fraction of sp³-hybridized carbons (Fsp3) is 0.562. The zero-order chi connectivity index (χ0) is 14.0. The second-order valence-corrected chi connectivity index (χ2v) is 5.48. The van der Waals surface area contributed by atoms with Gasteiger partial charge in [-0.2, -0.15) is 0 Å². The van der Waals surface area contributed by atoms with Crippen LogP contribution in [0.25, 0.3) is 0 Å². The van der Waals surface area contributed by atoms with E-state index in [4.69, 9.17) is 0 Å². The van der Waals surface area contributed by atoms with Gasteiger partial charge in [0, 0.05) is 31.7 Å². The summed E-state index contributed by atoms with van der Waals surface area (Å²) in [4.78, 5) is 17.0. The molecule has 0 unspecified atom stereocenters. The van der Waals surface area contributed by atoms with Crippen LogP contribution < -0.4 is 0 Å². The summed E-state index contributed by atoms with van der Waals surface area (Å²) in [5.74, 6) is 0.191. The number of rotatable bonds is 2. The van der Waals surface area contributed by atoms with Gasteiger partial charge in [-0.1, -0.05) is 13.0 Å². The molecule has 104 valence electrons. The van der Waals surface area contributed by atoms with Crippen LogP contribution in [0.3, 0.4) is 0 Å². The Balaban J connectivity index is 2.14. The molecule has 1 heterocycles. The summed E-state index contributed by atoms with van der Waals surface area (Å²) in [6, 6.07) is 4.16. The number of hydrogen-bond donors (Lipinski definition) is 0. The van der Waals surface area contributed by atoms with Crippen molar-refractivity contribution in [3.63, 3.8) is 0 Å². The lowest BCUT2D eigenvalue weighted by atomic mass is 10.00. The molecule has 0 spiro atoms. The molecule has 0 atom stereocenters. The van der Waals surface area contributed by atoms with E-state index in [0.717, 1.165) is 43.9 Å². The molecule has 1 aliphatic heterocycles. The van der Waals surface area contributed by atoms with Crippen molar-refractivity contribution < 1.29 is 4.79 Å². The molecule has 1 aliphatic rings. The maximum Gasteiger partial charge on any atom is 0.254 e. The third-order valence-electron chi connectivity index (χ3n) is 4.18. The Morgan fingerprint density at radius 2 is 1.58 bits per heavy atom. The minimum absolute atomic E-state index is 0.191. The molecule has 0 bridgehead atoms. The van der Waals surface area contributed by atoms with E-state index in [0.29, 0.717) is 0 Å². The maximum atomic E-state index is 12.6. The van der Waals surface area contributed by atoms with Crippen LogP contribution in [0.2, 0.25) is 0 Å². The summed E-state index contributed by atoms with van der Waals surface area (Å²) in [5.41, 5.74) is 4.41. The first-order chi connectivity index (χ1) is 9.02. The number of piperazine rings is 1. The molecule has 0 saturated carbocycles. The Labute approximate surface area is 116 Å². The van der Waals surface area contributed by atoms with E-state index in [1.54, 1.807) is 0 Å². The van der Waals surface area contributed by atoms with Crippen LogP contribution in [0.15, 0.2) is 12.1 Å². The molecule has 0 aromatic heterocycles. The smallest absolute Gasteiger partial charge is 0.254 e. The predicted octanol–water partition coefficient (Wildman–Crippen LogP) is 2.39. The largest absolute Gasteiger partial charge is 0.336 e. The van der Waals surface area contributed by atoms with Gasteiger partial charge in [-0.25, -0.2) is 0 Å². The molecule has 1 aromatic carbocycles. The minimum atomic E-state index is 0.191. The van der Waals surface area contributed by atoms with E-state index < -0.39 is 0 Å². The number of benzene rings is 1. The van der Waals surface area contributed by atoms with Crippen molar-refractivity contribution in [2.75, 3.05) is 32.7 Å². The molecular weight excluding hydrogens is 236 g/mol. The number of nitrogens with zero attached hydrogens (tertiary/aromatic N) is 2. The first-order valence-electron chi connectivity index (χ1n) is 7.12. The van der Waals surface area contributed by atoms with Crippen molar-refractivity contribution in [3.8, 4) is 0 Å². The molecule has 3 nitrogen and oxygen atoms in total. The van der Waals surface area contributed by atoms with Crippen molar-refractivity contribution in [1.82, 2.24) is 9.80 Å². The third-order valence-corrected chi connectivity index (χ3v) is 4.18. The number of amides is 1. The number of aryl methyl sites for hydroxylation is 3. The first kappa shape index (κ1) is 14.1. The maximum absolute atomic E-state index is 12.6. The van der Waals surface area contributed by atoms with E-state index in [1.165, 1.54) is 11.1 Å². The van der Waals surface area contributed by atoms with Gasteiger partial charge in [0.05, 0.1) is 0 Å². The first-order valence-corrected chi connectivity index (χ1v) is 7.12. The van der Waals surface area contributed by atoms with Crippen molar-refractivity contribution in [2.24, 2.45) is 0 Å². The highest BCUT2D eigenvalue weighted by molar-refractivity contribution is 5.96. The van der Waals surface area contributed by atoms with E-state index in [9.17, 15) is 4.79 Å². The molecular formula is C16H24N2O. The molecule has 0 N–H and O–H groups in total. The van der Waals surface area contributed by atoms with Crippen LogP contribution in [0, 0.1) is 20.8 Å². The van der Waals surface area contributed by atoms with Gasteiger partial charge >= 0.3 is 0 Å². The van der Waals surface area contributed by atoms with E-state index in [-0.39, 0.29) is 5.91 Å². The van der Waals surface area contributed by atoms with Gasteiger partial charge in [0.1, 0.15) is 0 Å². The van der Waals surface area contributed by atoms with Crippen LogP contribution in [0.1, 0.15) is 34.0 Å². The average Bonchev–Trinajstić information content (AvgIpc) is 2.42. The van der Waals surface area contributed by atoms with Crippen molar-refractivity contribution in [1.29, 1.82) is 0 Å². The summed E-state index contributed by atoms with van der Waals surface area (Å²) in [5, 5.41) is 0. The lowest BCUT2D eigenvalue weighted by Gasteiger charge is -2.34. The molecule has 1 aromatic rings. The zero-order valence-electron chi connectivity index (χ0n) is 12.5. The second kappa shape index (κ2) is 5.74. The zero-order valence-corrected chi connectivity index (χ0v) is 12.5. The lowest BCUT2D eigenvalue weighted by molar-refractivity contribution is 0.0642. The number of carbonyl (C=O) groups is 1. The van der Waals surface area contributed by atoms with Gasteiger partial charge in [0.2, 0.25) is 0 Å². The molecule has 19 heavy (non-hydrogen) atoms. The highest BCUT2D eigenvalue weighted by Gasteiger charge is 2.22. The number of carbonyl (C=O) groups excluding carboxylic acids is 1. The number of hydrogen-bond acceptors (Lipinski definition) is 2. The Kier molecular flexibility index (Phi) is 4.25. The van der Waals surface area contributed by atoms with Crippen molar-refractivity contribution in [3.05, 3.63) is 34.4 Å². The van der Waals surface area contributed by atoms with Crippen LogP contribution >= 0.6 is 0 Å². The average molecular weight is 260 g/mol. The Hall–Kier alpha value is -1.35. The van der Waals surface area contributed by atoms with E-state index >= 15 is 0 Å². The molecule has 2 rings (SSSR count). The highest BCUT2D eigenvalue weighted by atomic mass is 16.2. The lowest BCUT2D eigenvalue weighted by Crippen LogP contribution is -2.48. The van der Waals surface area contributed by atoms with Crippen LogP contribution in [0.5, 0.6) is 0 Å². The fourth-order valence-corrected chi connectivity index (χ4v) is 2.63. The van der Waals surface area contributed by atoms with Crippen LogP contribution in [-0.2, 0) is 0 Å². The highest BCUT2D eigenvalue weighted by Crippen LogP contribution is 2.18. The summed E-state index contributed by atoms with van der Waals surface area (Å²) in [7, 11) is 0. The van der Waals surface area contributed by atoms with Gasteiger partial charge in [0.25, 0.3) is 5.91 Å². The summed E-state index contributed by atoms with van der Waals surface area (Å²) in [6.45, 7) is 13.1. The Morgan fingerprint density at radius 1 is 1.00 bits per heavy atom. The third kappa shape index (κ3) is 2.98. The monoisotopic (exact) mass is 260 g/mol. The molecule has 1 saturated heterocycles. The van der Waals surface area contributed by atoms with Crippen molar-refractivity contribution in [2.45, 2.75) is 27.7 Å². The SMILES string of the molecule is CCN1CCN(C(=O)c2cc(C)c(C)cc2C)CC1. The topological polar surface area (TPSA) is 23.6 Å². The Morgan fingerprint density at radius 3 is 2.16 bits per heavy atom. The molecule has 1 fully saturated rings. The summed E-state index contributed by atoms with van der Waals surface area (Å²) < 4.78 is 0. The van der Waals surface area contributed by atoms with E-state index in [1.807, 2.05) is 17.9 Å². The van der Waals surface area contributed by atoms with Gasteiger partial charge in [-0.3, -0.25) is 4.79 Å². The molecule has 0 radical (unpaired) electrons. The number of likely N-dealkylation sites (N-methyl/N-ethyl adjacent to an activating group) is 1. The molecule has 0 aliphatic carbocycles. The summed E-state index contributed by atoms with van der Waals surface area (Å²) >= 11 is 0. The standard InChI is InChI=1S/C16H24N2O/c1-5-17-6-8-18(9-7-17)16(19)15-11-13(3)12(2)10-14(15)4/h10-11H,5-9H2,1-4H3. The summed E-state index contributed by atoms with van der Waals surface area (Å²) in [6.07, 6.45) is 0. The van der Waals surface area contributed by atoms with E-state index in [2.05, 4.69) is 31.7 Å².